The van der Waals surface area contributed by atoms with Crippen LogP contribution >= 0.6 is 0 Å². The first-order chi connectivity index (χ1) is 11.7. The van der Waals surface area contributed by atoms with Crippen molar-refractivity contribution in [3.8, 4) is 5.75 Å². The molecule has 1 fully saturated rings. The molecule has 0 aliphatic carbocycles. The number of hydrogen-bond donors (Lipinski definition) is 1. The molecular formula is C21H35N2O2. The predicted molar refractivity (Wildman–Crippen MR) is 103 cm³/mol. The number of hydroxylamine groups is 2. The van der Waals surface area contributed by atoms with E-state index < -0.39 is 0 Å². The van der Waals surface area contributed by atoms with E-state index in [1.165, 1.54) is 24.3 Å². The van der Waals surface area contributed by atoms with Crippen molar-refractivity contribution in [1.82, 2.24) is 5.06 Å². The van der Waals surface area contributed by atoms with Gasteiger partial charge in [0.05, 0.1) is 6.61 Å². The lowest BCUT2D eigenvalue weighted by molar-refractivity contribution is -0.288. The first kappa shape index (κ1) is 20.1. The zero-order valence-electron chi connectivity index (χ0n) is 16.6. The largest absolute Gasteiger partial charge is 0.494 e. The van der Waals surface area contributed by atoms with E-state index in [0.29, 0.717) is 6.04 Å². The minimum atomic E-state index is -0.346. The quantitative estimate of drug-likeness (QED) is 0.638. The maximum absolute atomic E-state index is 12.4. The molecule has 0 atom stereocenters. The fraction of sp³-hybridized carbons (Fsp3) is 0.714. The number of nitrogens with zero attached hydrogens (tertiary/aromatic N) is 1. The topological polar surface area (TPSA) is 44.4 Å². The van der Waals surface area contributed by atoms with Crippen LogP contribution in [0.5, 0.6) is 5.75 Å². The van der Waals surface area contributed by atoms with Gasteiger partial charge in [-0.1, -0.05) is 26.2 Å². The van der Waals surface area contributed by atoms with Crippen LogP contribution in [0.4, 0.5) is 5.69 Å². The average Bonchev–Trinajstić information content (AvgIpc) is 2.53. The van der Waals surface area contributed by atoms with Gasteiger partial charge in [0.2, 0.25) is 0 Å². The van der Waals surface area contributed by atoms with Crippen LogP contribution in [-0.4, -0.2) is 28.8 Å². The standard InChI is InChI=1S/C21H35N2O2/c1-6-7-8-9-14-25-19-12-10-17(11-13-19)22-18-15-20(2,3)23(24)21(4,5)16-18/h10-13,18,22H,6-9,14-16H2,1-5H3. The van der Waals surface area contributed by atoms with Crippen LogP contribution in [0.15, 0.2) is 24.3 Å². The lowest BCUT2D eigenvalue weighted by atomic mass is 9.79. The Balaban J connectivity index is 1.86. The van der Waals surface area contributed by atoms with Crippen LogP contribution in [0.2, 0.25) is 0 Å². The van der Waals surface area contributed by atoms with Crippen LogP contribution in [0, 0.1) is 0 Å². The van der Waals surface area contributed by atoms with Crippen molar-refractivity contribution < 1.29 is 9.94 Å². The number of ether oxygens (including phenoxy) is 1. The number of benzene rings is 1. The second-order valence-corrected chi connectivity index (χ2v) is 8.60. The molecule has 0 amide bonds. The molecule has 4 nitrogen and oxygen atoms in total. The molecular weight excluding hydrogens is 312 g/mol. The van der Waals surface area contributed by atoms with Crippen molar-refractivity contribution in [3.05, 3.63) is 24.3 Å². The van der Waals surface area contributed by atoms with E-state index in [2.05, 4.69) is 24.4 Å². The van der Waals surface area contributed by atoms with E-state index in [-0.39, 0.29) is 11.1 Å². The number of piperidine rings is 1. The van der Waals surface area contributed by atoms with Crippen molar-refractivity contribution in [3.63, 3.8) is 0 Å². The van der Waals surface area contributed by atoms with Gasteiger partial charge in [-0.3, -0.25) is 0 Å². The summed E-state index contributed by atoms with van der Waals surface area (Å²) < 4.78 is 5.80. The van der Waals surface area contributed by atoms with Gasteiger partial charge in [-0.2, -0.15) is 0 Å². The van der Waals surface area contributed by atoms with Gasteiger partial charge in [-0.15, -0.1) is 10.3 Å². The highest BCUT2D eigenvalue weighted by Crippen LogP contribution is 2.38. The lowest BCUT2D eigenvalue weighted by Crippen LogP contribution is -2.60. The zero-order chi connectivity index (χ0) is 18.5. The molecule has 4 heteroatoms. The summed E-state index contributed by atoms with van der Waals surface area (Å²) in [4.78, 5) is 0. The van der Waals surface area contributed by atoms with Gasteiger partial charge in [0.1, 0.15) is 5.75 Å². The highest BCUT2D eigenvalue weighted by molar-refractivity contribution is 5.47. The zero-order valence-corrected chi connectivity index (χ0v) is 16.6. The molecule has 0 saturated carbocycles. The first-order valence-corrected chi connectivity index (χ1v) is 9.71. The van der Waals surface area contributed by atoms with Crippen LogP contribution in [0.3, 0.4) is 0 Å². The molecule has 1 saturated heterocycles. The Morgan fingerprint density at radius 3 is 2.20 bits per heavy atom. The van der Waals surface area contributed by atoms with Crippen molar-refractivity contribution >= 4 is 5.69 Å². The van der Waals surface area contributed by atoms with E-state index in [0.717, 1.165) is 37.3 Å². The van der Waals surface area contributed by atoms with Crippen LogP contribution in [-0.2, 0) is 5.21 Å². The Morgan fingerprint density at radius 1 is 1.04 bits per heavy atom. The van der Waals surface area contributed by atoms with Crippen molar-refractivity contribution in [2.24, 2.45) is 0 Å². The first-order valence-electron chi connectivity index (χ1n) is 9.71. The maximum Gasteiger partial charge on any atom is 0.119 e. The normalized spacial score (nSPS) is 20.4. The molecule has 0 aromatic heterocycles. The number of nitrogens with one attached hydrogen (secondary N) is 1. The van der Waals surface area contributed by atoms with E-state index in [9.17, 15) is 5.21 Å². The fourth-order valence-corrected chi connectivity index (χ4v) is 3.97. The third-order valence-electron chi connectivity index (χ3n) is 5.08. The van der Waals surface area contributed by atoms with Gasteiger partial charge in [0.15, 0.2) is 0 Å². The van der Waals surface area contributed by atoms with Crippen molar-refractivity contribution in [1.29, 1.82) is 0 Å². The van der Waals surface area contributed by atoms with Gasteiger partial charge in [0, 0.05) is 22.8 Å². The summed E-state index contributed by atoms with van der Waals surface area (Å²) in [5.74, 6) is 0.928. The van der Waals surface area contributed by atoms with E-state index in [1.54, 1.807) is 0 Å². The third-order valence-corrected chi connectivity index (χ3v) is 5.08. The third kappa shape index (κ3) is 5.61. The molecule has 1 aromatic rings. The van der Waals surface area contributed by atoms with Gasteiger partial charge in [0.25, 0.3) is 0 Å². The Bertz CT molecular complexity index is 507. The number of unbranched alkanes of at least 4 members (excludes halogenated alkanes) is 3. The molecule has 2 rings (SSSR count). The minimum Gasteiger partial charge on any atom is -0.494 e. The summed E-state index contributed by atoms with van der Waals surface area (Å²) in [7, 11) is 0. The Labute approximate surface area is 153 Å². The van der Waals surface area contributed by atoms with E-state index >= 15 is 0 Å². The average molecular weight is 348 g/mol. The van der Waals surface area contributed by atoms with E-state index in [4.69, 9.17) is 4.74 Å². The number of rotatable bonds is 8. The molecule has 1 aliphatic heterocycles. The molecule has 1 aromatic carbocycles. The minimum absolute atomic E-state index is 0.302. The summed E-state index contributed by atoms with van der Waals surface area (Å²) in [6.07, 6.45) is 6.57. The molecule has 1 aliphatic rings. The highest BCUT2D eigenvalue weighted by atomic mass is 16.5. The predicted octanol–water partition coefficient (Wildman–Crippen LogP) is 5.42. The fourth-order valence-electron chi connectivity index (χ4n) is 3.97. The smallest absolute Gasteiger partial charge is 0.119 e. The SMILES string of the molecule is CCCCCCOc1ccc(NC2CC(C)(C)N([O])C(C)(C)C2)cc1. The summed E-state index contributed by atoms with van der Waals surface area (Å²) in [5, 5.41) is 17.3. The van der Waals surface area contributed by atoms with Gasteiger partial charge >= 0.3 is 0 Å². The molecule has 141 valence electrons. The van der Waals surface area contributed by atoms with E-state index in [1.807, 2.05) is 39.8 Å². The maximum atomic E-state index is 12.4. The molecule has 1 radical (unpaired) electrons. The summed E-state index contributed by atoms with van der Waals surface area (Å²) in [6.45, 7) is 11.1. The summed E-state index contributed by atoms with van der Waals surface area (Å²) in [5.41, 5.74) is 0.399. The second-order valence-electron chi connectivity index (χ2n) is 8.60. The van der Waals surface area contributed by atoms with Crippen molar-refractivity contribution in [2.75, 3.05) is 11.9 Å². The van der Waals surface area contributed by atoms with Gasteiger partial charge in [-0.05, 0) is 71.2 Å². The lowest BCUT2D eigenvalue weighted by Gasteiger charge is -2.50. The molecule has 1 heterocycles. The van der Waals surface area contributed by atoms with Gasteiger partial charge in [-0.25, -0.2) is 0 Å². The highest BCUT2D eigenvalue weighted by Gasteiger charge is 2.46. The molecule has 1 N–H and O–H groups in total. The monoisotopic (exact) mass is 347 g/mol. The second kappa shape index (κ2) is 8.41. The Morgan fingerprint density at radius 2 is 1.64 bits per heavy atom. The van der Waals surface area contributed by atoms with Crippen LogP contribution < -0.4 is 10.1 Å². The molecule has 0 bridgehead atoms. The number of hydrogen-bond acceptors (Lipinski definition) is 3. The van der Waals surface area contributed by atoms with Gasteiger partial charge < -0.3 is 10.1 Å². The number of anilines is 1. The van der Waals surface area contributed by atoms with Crippen LogP contribution in [0.1, 0.15) is 73.1 Å². The molecule has 0 unspecified atom stereocenters. The Kier molecular flexibility index (Phi) is 6.75. The molecule has 0 spiro atoms. The summed E-state index contributed by atoms with van der Waals surface area (Å²) >= 11 is 0. The van der Waals surface area contributed by atoms with Crippen LogP contribution in [0.25, 0.3) is 0 Å². The Hall–Kier alpha value is -1.26. The molecule has 25 heavy (non-hydrogen) atoms. The van der Waals surface area contributed by atoms with Crippen molar-refractivity contribution in [2.45, 2.75) is 90.3 Å². The summed E-state index contributed by atoms with van der Waals surface area (Å²) in [6, 6.07) is 8.51.